The van der Waals surface area contributed by atoms with Crippen LogP contribution in [0.5, 0.6) is 0 Å². The third kappa shape index (κ3) is 10.8. The van der Waals surface area contributed by atoms with E-state index in [0.29, 0.717) is 32.3 Å². The molecule has 0 aliphatic rings. The van der Waals surface area contributed by atoms with Gasteiger partial charge in [-0.05, 0) is 73.1 Å². The van der Waals surface area contributed by atoms with Crippen molar-refractivity contribution in [2.24, 2.45) is 5.92 Å². The summed E-state index contributed by atoms with van der Waals surface area (Å²) >= 11 is 0. The summed E-state index contributed by atoms with van der Waals surface area (Å²) in [6.07, 6.45) is 1.36. The monoisotopic (exact) mass is 547 g/mol. The van der Waals surface area contributed by atoms with Crippen molar-refractivity contribution in [2.75, 3.05) is 20.2 Å². The molecule has 3 amide bonds. The second-order valence-corrected chi connectivity index (χ2v) is 9.35. The summed E-state index contributed by atoms with van der Waals surface area (Å²) in [5.41, 5.74) is 1.09. The number of aromatic carboxylic acids is 1. The number of halogens is 2. The van der Waals surface area contributed by atoms with Crippen LogP contribution in [-0.4, -0.2) is 61.6 Å². The first kappa shape index (κ1) is 31.4. The lowest BCUT2D eigenvalue weighted by Crippen LogP contribution is -2.50. The molecule has 2 aromatic carbocycles. The highest BCUT2D eigenvalue weighted by molar-refractivity contribution is 5.87. The van der Waals surface area contributed by atoms with E-state index in [1.807, 2.05) is 0 Å². The topological polar surface area (TPSA) is 134 Å². The molecule has 0 saturated carbocycles. The predicted octanol–water partition coefficient (Wildman–Crippen LogP) is 2.62. The quantitative estimate of drug-likeness (QED) is 0.178. The van der Waals surface area contributed by atoms with E-state index in [1.165, 1.54) is 19.2 Å². The van der Waals surface area contributed by atoms with E-state index in [2.05, 4.69) is 16.0 Å². The standard InChI is InChI=1S/C28H35F2N3O6/c1-18(13-21-16-22(29)9-10-23(21)30)14-25(35)31-11-3-4-12-32-27(36)26(39-2)24(33-17-34)15-19-5-7-20(8-6-19)28(37)38/h5-10,16-18,24,26H,3-4,11-15H2,1-2H3,(H,31,35)(H,32,36)(H,33,34)(H,37,38)/t18?,24-,26+/m1/s1. The molecule has 0 radical (unpaired) electrons. The van der Waals surface area contributed by atoms with Crippen LogP contribution >= 0.6 is 0 Å². The fourth-order valence-electron chi connectivity index (χ4n) is 4.16. The molecule has 0 fully saturated rings. The highest BCUT2D eigenvalue weighted by Gasteiger charge is 2.28. The Bertz CT molecular complexity index is 1110. The molecule has 2 rings (SSSR count). The van der Waals surface area contributed by atoms with Crippen molar-refractivity contribution in [1.29, 1.82) is 0 Å². The van der Waals surface area contributed by atoms with Gasteiger partial charge >= 0.3 is 5.97 Å². The SMILES string of the molecule is CO[C@H](C(=O)NCCCCNC(=O)CC(C)Cc1cc(F)ccc1F)[C@@H](Cc1ccc(C(=O)O)cc1)NC=O. The predicted molar refractivity (Wildman–Crippen MR) is 140 cm³/mol. The minimum Gasteiger partial charge on any atom is -0.478 e. The number of hydrogen-bond acceptors (Lipinski definition) is 5. The number of unbranched alkanes of at least 4 members (excludes halogenated alkanes) is 1. The van der Waals surface area contributed by atoms with Gasteiger partial charge in [0.1, 0.15) is 11.6 Å². The maximum atomic E-state index is 13.8. The number of carboxylic acids is 1. The summed E-state index contributed by atoms with van der Waals surface area (Å²) in [6.45, 7) is 2.51. The molecule has 0 spiro atoms. The van der Waals surface area contributed by atoms with Crippen LogP contribution in [0.4, 0.5) is 8.78 Å². The number of carbonyl (C=O) groups is 4. The van der Waals surface area contributed by atoms with E-state index in [0.717, 1.165) is 23.8 Å². The van der Waals surface area contributed by atoms with Crippen LogP contribution in [0.1, 0.15) is 47.7 Å². The number of carboxylic acid groups (broad SMARTS) is 1. The summed E-state index contributed by atoms with van der Waals surface area (Å²) in [5, 5.41) is 17.2. The van der Waals surface area contributed by atoms with Crippen molar-refractivity contribution in [3.8, 4) is 0 Å². The summed E-state index contributed by atoms with van der Waals surface area (Å²) in [4.78, 5) is 47.0. The molecule has 11 heteroatoms. The first-order valence-electron chi connectivity index (χ1n) is 12.7. The highest BCUT2D eigenvalue weighted by atomic mass is 19.1. The molecule has 0 aromatic heterocycles. The van der Waals surface area contributed by atoms with Crippen LogP contribution in [0.3, 0.4) is 0 Å². The minimum atomic E-state index is -1.05. The zero-order valence-electron chi connectivity index (χ0n) is 22.0. The molecule has 3 atom stereocenters. The summed E-state index contributed by atoms with van der Waals surface area (Å²) in [5.74, 6) is -2.85. The zero-order valence-corrected chi connectivity index (χ0v) is 22.0. The zero-order chi connectivity index (χ0) is 28.8. The lowest BCUT2D eigenvalue weighted by Gasteiger charge is -2.25. The maximum Gasteiger partial charge on any atom is 0.335 e. The van der Waals surface area contributed by atoms with Gasteiger partial charge in [0.25, 0.3) is 5.91 Å². The number of hydrogen-bond donors (Lipinski definition) is 4. The Morgan fingerprint density at radius 2 is 1.67 bits per heavy atom. The number of carbonyl (C=O) groups excluding carboxylic acids is 3. The fourth-order valence-corrected chi connectivity index (χ4v) is 4.16. The molecule has 0 saturated heterocycles. The van der Waals surface area contributed by atoms with Crippen molar-refractivity contribution < 1.29 is 37.8 Å². The smallest absolute Gasteiger partial charge is 0.335 e. The molecule has 2 aromatic rings. The molecule has 0 heterocycles. The van der Waals surface area contributed by atoms with E-state index >= 15 is 0 Å². The maximum absolute atomic E-state index is 13.8. The van der Waals surface area contributed by atoms with Gasteiger partial charge in [0.05, 0.1) is 11.6 Å². The molecular formula is C28H35F2N3O6. The third-order valence-corrected chi connectivity index (χ3v) is 6.15. The lowest BCUT2D eigenvalue weighted by atomic mass is 9.97. The minimum absolute atomic E-state index is 0.129. The van der Waals surface area contributed by atoms with Gasteiger partial charge in [-0.2, -0.15) is 0 Å². The van der Waals surface area contributed by atoms with E-state index in [4.69, 9.17) is 9.84 Å². The first-order chi connectivity index (χ1) is 18.6. The van der Waals surface area contributed by atoms with Crippen LogP contribution in [0.2, 0.25) is 0 Å². The third-order valence-electron chi connectivity index (χ3n) is 6.15. The highest BCUT2D eigenvalue weighted by Crippen LogP contribution is 2.16. The van der Waals surface area contributed by atoms with Crippen molar-refractivity contribution in [3.05, 3.63) is 70.8 Å². The molecule has 1 unspecified atom stereocenters. The second-order valence-electron chi connectivity index (χ2n) is 9.35. The van der Waals surface area contributed by atoms with Gasteiger partial charge < -0.3 is 25.8 Å². The number of nitrogens with one attached hydrogen (secondary N) is 3. The molecule has 0 aliphatic carbocycles. The Hall–Kier alpha value is -3.86. The van der Waals surface area contributed by atoms with Gasteiger partial charge in [0.15, 0.2) is 6.10 Å². The molecule has 212 valence electrons. The lowest BCUT2D eigenvalue weighted by molar-refractivity contribution is -0.133. The molecule has 4 N–H and O–H groups in total. The molecule has 39 heavy (non-hydrogen) atoms. The Labute approximate surface area is 226 Å². The molecular weight excluding hydrogens is 512 g/mol. The fraction of sp³-hybridized carbons (Fsp3) is 0.429. The van der Waals surface area contributed by atoms with E-state index in [9.17, 15) is 28.0 Å². The number of methoxy groups -OCH3 is 1. The van der Waals surface area contributed by atoms with Gasteiger partial charge in [-0.1, -0.05) is 19.1 Å². The second kappa shape index (κ2) is 16.2. The number of rotatable bonds is 17. The summed E-state index contributed by atoms with van der Waals surface area (Å²) in [7, 11) is 1.36. The summed E-state index contributed by atoms with van der Waals surface area (Å²) in [6, 6.07) is 8.71. The largest absolute Gasteiger partial charge is 0.478 e. The Kier molecular flexibility index (Phi) is 13.0. The molecule has 0 aliphatic heterocycles. The van der Waals surface area contributed by atoms with Gasteiger partial charge in [-0.25, -0.2) is 13.6 Å². The number of ether oxygens (including phenoxy) is 1. The number of benzene rings is 2. The first-order valence-corrected chi connectivity index (χ1v) is 12.7. The van der Waals surface area contributed by atoms with Crippen LogP contribution in [0, 0.1) is 17.6 Å². The Balaban J connectivity index is 1.72. The normalized spacial score (nSPS) is 13.1. The van der Waals surface area contributed by atoms with Gasteiger partial charge in [0.2, 0.25) is 12.3 Å². The van der Waals surface area contributed by atoms with E-state index in [-0.39, 0.29) is 42.2 Å². The Morgan fingerprint density at radius 3 is 2.28 bits per heavy atom. The van der Waals surface area contributed by atoms with Crippen LogP contribution in [0.15, 0.2) is 42.5 Å². The van der Waals surface area contributed by atoms with Crippen LogP contribution < -0.4 is 16.0 Å². The van der Waals surface area contributed by atoms with E-state index < -0.39 is 35.7 Å². The van der Waals surface area contributed by atoms with Gasteiger partial charge in [0, 0.05) is 26.6 Å². The molecule has 9 nitrogen and oxygen atoms in total. The van der Waals surface area contributed by atoms with Crippen molar-refractivity contribution in [2.45, 2.75) is 51.2 Å². The average Bonchev–Trinajstić information content (AvgIpc) is 2.89. The average molecular weight is 548 g/mol. The van der Waals surface area contributed by atoms with Gasteiger partial charge in [-0.3, -0.25) is 14.4 Å². The van der Waals surface area contributed by atoms with Crippen molar-refractivity contribution in [1.82, 2.24) is 16.0 Å². The Morgan fingerprint density at radius 1 is 1.00 bits per heavy atom. The van der Waals surface area contributed by atoms with E-state index in [1.54, 1.807) is 19.1 Å². The number of amides is 3. The molecule has 0 bridgehead atoms. The summed E-state index contributed by atoms with van der Waals surface area (Å²) < 4.78 is 32.5. The van der Waals surface area contributed by atoms with Crippen molar-refractivity contribution in [3.63, 3.8) is 0 Å². The van der Waals surface area contributed by atoms with Crippen molar-refractivity contribution >= 4 is 24.2 Å². The van der Waals surface area contributed by atoms with Crippen LogP contribution in [0.25, 0.3) is 0 Å². The van der Waals surface area contributed by atoms with Gasteiger partial charge in [-0.15, -0.1) is 0 Å². The van der Waals surface area contributed by atoms with Crippen LogP contribution in [-0.2, 0) is 32.0 Å².